The molecule has 21 heavy (non-hydrogen) atoms. The summed E-state index contributed by atoms with van der Waals surface area (Å²) in [5.41, 5.74) is 1.17. The monoisotopic (exact) mass is 287 g/mol. The molecule has 0 radical (unpaired) electrons. The van der Waals surface area contributed by atoms with Crippen LogP contribution in [0.1, 0.15) is 0 Å². The van der Waals surface area contributed by atoms with Gasteiger partial charge in [0, 0.05) is 19.2 Å². The van der Waals surface area contributed by atoms with Crippen LogP contribution in [0.3, 0.4) is 0 Å². The first-order valence-electron chi connectivity index (χ1n) is 6.64. The van der Waals surface area contributed by atoms with E-state index in [1.165, 1.54) is 12.1 Å². The van der Waals surface area contributed by atoms with Gasteiger partial charge < -0.3 is 9.80 Å². The average Bonchev–Trinajstić information content (AvgIpc) is 2.97. The van der Waals surface area contributed by atoms with Crippen molar-refractivity contribution in [2.24, 2.45) is 0 Å². The second-order valence-electron chi connectivity index (χ2n) is 4.87. The number of rotatable bonds is 3. The van der Waals surface area contributed by atoms with Crippen molar-refractivity contribution in [3.63, 3.8) is 0 Å². The Hall–Kier alpha value is -2.63. The molecule has 108 valence electrons. The Kier molecular flexibility index (Phi) is 3.43. The minimum atomic E-state index is -0.388. The molecule has 0 aliphatic carbocycles. The lowest BCUT2D eigenvalue weighted by atomic mass is 10.2. The second kappa shape index (κ2) is 5.40. The number of benzene rings is 2. The van der Waals surface area contributed by atoms with Crippen LogP contribution in [0.15, 0.2) is 48.5 Å². The van der Waals surface area contributed by atoms with E-state index in [9.17, 15) is 14.5 Å². The Morgan fingerprint density at radius 1 is 0.952 bits per heavy atom. The third kappa shape index (κ3) is 2.52. The highest BCUT2D eigenvalue weighted by Crippen LogP contribution is 2.31. The highest BCUT2D eigenvalue weighted by atomic mass is 19.1. The van der Waals surface area contributed by atoms with Crippen LogP contribution in [0.5, 0.6) is 0 Å². The summed E-state index contributed by atoms with van der Waals surface area (Å²) in [7, 11) is 0. The second-order valence-corrected chi connectivity index (χ2v) is 4.87. The Bertz CT molecular complexity index is 677. The van der Waals surface area contributed by atoms with Crippen LogP contribution in [-0.2, 0) is 0 Å². The zero-order chi connectivity index (χ0) is 14.8. The molecule has 2 aromatic rings. The minimum Gasteiger partial charge on any atom is -0.350 e. The van der Waals surface area contributed by atoms with Gasteiger partial charge in [0.2, 0.25) is 0 Å². The summed E-state index contributed by atoms with van der Waals surface area (Å²) in [6, 6.07) is 13.2. The summed E-state index contributed by atoms with van der Waals surface area (Å²) in [6.45, 7) is 1.69. The lowest BCUT2D eigenvalue weighted by molar-refractivity contribution is -0.384. The number of nitro groups is 1. The maximum Gasteiger partial charge on any atom is 0.292 e. The molecule has 1 heterocycles. The largest absolute Gasteiger partial charge is 0.350 e. The summed E-state index contributed by atoms with van der Waals surface area (Å²) in [6.07, 6.45) is 0. The first kappa shape index (κ1) is 13.4. The molecule has 2 aromatic carbocycles. The summed E-state index contributed by atoms with van der Waals surface area (Å²) >= 11 is 0. The summed E-state index contributed by atoms with van der Waals surface area (Å²) in [5, 5.41) is 11.1. The van der Waals surface area contributed by atoms with E-state index in [-0.39, 0.29) is 16.4 Å². The first-order chi connectivity index (χ1) is 10.2. The van der Waals surface area contributed by atoms with Crippen molar-refractivity contribution >= 4 is 17.1 Å². The maximum absolute atomic E-state index is 13.8. The fourth-order valence-corrected chi connectivity index (χ4v) is 2.58. The average molecular weight is 287 g/mol. The van der Waals surface area contributed by atoms with Gasteiger partial charge in [0.15, 0.2) is 0 Å². The number of hydrogen-bond acceptors (Lipinski definition) is 4. The third-order valence-electron chi connectivity index (χ3n) is 3.59. The van der Waals surface area contributed by atoms with E-state index in [4.69, 9.17) is 0 Å². The fraction of sp³-hybridized carbons (Fsp3) is 0.200. The number of halogens is 1. The summed E-state index contributed by atoms with van der Waals surface area (Å²) < 4.78 is 13.8. The molecule has 6 heteroatoms. The van der Waals surface area contributed by atoms with Crippen molar-refractivity contribution in [2.75, 3.05) is 29.6 Å². The maximum atomic E-state index is 13.8. The Labute approximate surface area is 121 Å². The van der Waals surface area contributed by atoms with Gasteiger partial charge in [-0.2, -0.15) is 0 Å². The van der Waals surface area contributed by atoms with Crippen molar-refractivity contribution < 1.29 is 9.31 Å². The zero-order valence-corrected chi connectivity index (χ0v) is 11.3. The van der Waals surface area contributed by atoms with Gasteiger partial charge in [-0.3, -0.25) is 10.1 Å². The molecule has 1 fully saturated rings. The topological polar surface area (TPSA) is 49.6 Å². The normalized spacial score (nSPS) is 14.5. The smallest absolute Gasteiger partial charge is 0.292 e. The molecule has 1 aliphatic heterocycles. The van der Waals surface area contributed by atoms with Gasteiger partial charge in [-0.15, -0.1) is 0 Å². The Morgan fingerprint density at radius 3 is 2.19 bits per heavy atom. The predicted molar refractivity (Wildman–Crippen MR) is 79.1 cm³/mol. The number of nitro benzene ring substituents is 1. The van der Waals surface area contributed by atoms with Crippen LogP contribution in [0.4, 0.5) is 21.5 Å². The SMILES string of the molecule is O=[N+]([O-])c1ccccc1N1CCN(c2ccccc2F)C1. The van der Waals surface area contributed by atoms with E-state index in [1.807, 2.05) is 9.80 Å². The predicted octanol–water partition coefficient (Wildman–Crippen LogP) is 3.02. The van der Waals surface area contributed by atoms with Crippen LogP contribution in [0, 0.1) is 15.9 Å². The number of hydrogen-bond donors (Lipinski definition) is 0. The molecule has 0 spiro atoms. The van der Waals surface area contributed by atoms with Gasteiger partial charge >= 0.3 is 0 Å². The molecule has 0 amide bonds. The van der Waals surface area contributed by atoms with Crippen LogP contribution >= 0.6 is 0 Å². The van der Waals surface area contributed by atoms with Crippen LogP contribution < -0.4 is 9.80 Å². The molecular formula is C15H14FN3O2. The molecular weight excluding hydrogens is 273 g/mol. The van der Waals surface area contributed by atoms with Crippen molar-refractivity contribution in [1.82, 2.24) is 0 Å². The van der Waals surface area contributed by atoms with Crippen molar-refractivity contribution in [1.29, 1.82) is 0 Å². The van der Waals surface area contributed by atoms with E-state index < -0.39 is 0 Å². The summed E-state index contributed by atoms with van der Waals surface area (Å²) in [5.74, 6) is -0.276. The highest BCUT2D eigenvalue weighted by molar-refractivity contribution is 5.65. The Morgan fingerprint density at radius 2 is 1.52 bits per heavy atom. The van der Waals surface area contributed by atoms with Gasteiger partial charge in [0.05, 0.1) is 17.3 Å². The van der Waals surface area contributed by atoms with E-state index >= 15 is 0 Å². The highest BCUT2D eigenvalue weighted by Gasteiger charge is 2.26. The third-order valence-corrected chi connectivity index (χ3v) is 3.59. The standard InChI is InChI=1S/C15H14FN3O2/c16-12-5-1-2-6-13(12)17-9-10-18(11-17)14-7-3-4-8-15(14)19(20)21/h1-8H,9-11H2. The van der Waals surface area contributed by atoms with Crippen LogP contribution in [0.25, 0.3) is 0 Å². The zero-order valence-electron chi connectivity index (χ0n) is 11.3. The van der Waals surface area contributed by atoms with Gasteiger partial charge in [0.1, 0.15) is 11.5 Å². The Balaban J connectivity index is 1.85. The molecule has 3 rings (SSSR count). The first-order valence-corrected chi connectivity index (χ1v) is 6.64. The molecule has 1 saturated heterocycles. The molecule has 0 aromatic heterocycles. The van der Waals surface area contributed by atoms with Crippen LogP contribution in [0.2, 0.25) is 0 Å². The molecule has 0 N–H and O–H groups in total. The van der Waals surface area contributed by atoms with E-state index in [0.717, 1.165) is 0 Å². The number of nitrogens with zero attached hydrogens (tertiary/aromatic N) is 3. The minimum absolute atomic E-state index is 0.0767. The van der Waals surface area contributed by atoms with Gasteiger partial charge in [-0.1, -0.05) is 24.3 Å². The molecule has 5 nitrogen and oxygen atoms in total. The van der Waals surface area contributed by atoms with Crippen molar-refractivity contribution in [2.45, 2.75) is 0 Å². The van der Waals surface area contributed by atoms with Gasteiger partial charge in [-0.05, 0) is 18.2 Å². The van der Waals surface area contributed by atoms with Gasteiger partial charge in [-0.25, -0.2) is 4.39 Å². The molecule has 1 aliphatic rings. The molecule has 0 bridgehead atoms. The van der Waals surface area contributed by atoms with Crippen LogP contribution in [-0.4, -0.2) is 24.7 Å². The van der Waals surface area contributed by atoms with E-state index in [0.29, 0.717) is 31.1 Å². The molecule has 0 saturated carbocycles. The lowest BCUT2D eigenvalue weighted by Crippen LogP contribution is -2.26. The molecule has 0 unspecified atom stereocenters. The summed E-state index contributed by atoms with van der Waals surface area (Å²) in [4.78, 5) is 14.5. The number of para-hydroxylation sites is 3. The van der Waals surface area contributed by atoms with E-state index in [1.54, 1.807) is 36.4 Å². The van der Waals surface area contributed by atoms with Gasteiger partial charge in [0.25, 0.3) is 5.69 Å². The number of anilines is 2. The lowest BCUT2D eigenvalue weighted by Gasteiger charge is -2.21. The molecule has 0 atom stereocenters. The van der Waals surface area contributed by atoms with Crippen molar-refractivity contribution in [3.05, 3.63) is 64.5 Å². The van der Waals surface area contributed by atoms with E-state index in [2.05, 4.69) is 0 Å². The quantitative estimate of drug-likeness (QED) is 0.643. The van der Waals surface area contributed by atoms with Crippen molar-refractivity contribution in [3.8, 4) is 0 Å². The fourth-order valence-electron chi connectivity index (χ4n) is 2.58.